The molecule has 0 fully saturated rings. The van der Waals surface area contributed by atoms with Gasteiger partial charge in [-0.05, 0) is 42.5 Å². The molecule has 130 valence electrons. The van der Waals surface area contributed by atoms with E-state index in [0.717, 1.165) is 0 Å². The summed E-state index contributed by atoms with van der Waals surface area (Å²) < 4.78 is 18.3. The Morgan fingerprint density at radius 1 is 1.08 bits per heavy atom. The van der Waals surface area contributed by atoms with Crippen molar-refractivity contribution < 1.29 is 23.5 Å². The highest BCUT2D eigenvalue weighted by molar-refractivity contribution is 6.14. The number of halogens is 1. The van der Waals surface area contributed by atoms with Gasteiger partial charge in [-0.2, -0.15) is 0 Å². The molecule has 1 aliphatic heterocycles. The minimum atomic E-state index is -2.02. The van der Waals surface area contributed by atoms with Crippen molar-refractivity contribution in [2.45, 2.75) is 12.0 Å². The molecule has 0 radical (unpaired) electrons. The van der Waals surface area contributed by atoms with E-state index in [1.807, 2.05) is 0 Å². The number of hydrogen-bond acceptors (Lipinski definition) is 4. The van der Waals surface area contributed by atoms with E-state index < -0.39 is 29.5 Å². The van der Waals surface area contributed by atoms with Crippen molar-refractivity contribution in [3.8, 4) is 0 Å². The lowest BCUT2D eigenvalue weighted by molar-refractivity contribution is -0.135. The average molecular weight is 351 g/mol. The second kappa shape index (κ2) is 5.93. The van der Waals surface area contributed by atoms with Crippen LogP contribution < -0.4 is 4.90 Å². The maximum absolute atomic E-state index is 13.2. The molecule has 0 saturated carbocycles. The van der Waals surface area contributed by atoms with Gasteiger partial charge in [0.2, 0.25) is 5.78 Å². The van der Waals surface area contributed by atoms with Crippen molar-refractivity contribution >= 4 is 23.1 Å². The van der Waals surface area contributed by atoms with Crippen LogP contribution in [0.4, 0.5) is 15.8 Å². The van der Waals surface area contributed by atoms with E-state index in [9.17, 15) is 19.1 Å². The number of para-hydroxylation sites is 1. The van der Waals surface area contributed by atoms with Gasteiger partial charge in [0.25, 0.3) is 5.91 Å². The second-order valence-corrected chi connectivity index (χ2v) is 6.07. The molecule has 5 nitrogen and oxygen atoms in total. The quantitative estimate of drug-likeness (QED) is 0.730. The zero-order valence-corrected chi connectivity index (χ0v) is 13.6. The van der Waals surface area contributed by atoms with Gasteiger partial charge in [0, 0.05) is 11.3 Å². The van der Waals surface area contributed by atoms with E-state index >= 15 is 0 Å². The Morgan fingerprint density at radius 3 is 2.50 bits per heavy atom. The molecule has 2 aromatic carbocycles. The molecule has 1 atom stereocenters. The number of amides is 1. The Hall–Kier alpha value is -3.25. The number of ketones is 1. The highest BCUT2D eigenvalue weighted by Gasteiger charge is 2.51. The lowest BCUT2D eigenvalue weighted by Gasteiger charge is -2.22. The van der Waals surface area contributed by atoms with E-state index in [1.54, 1.807) is 30.3 Å². The molecule has 1 aliphatic rings. The van der Waals surface area contributed by atoms with Crippen LogP contribution in [-0.4, -0.2) is 16.8 Å². The first-order chi connectivity index (χ1) is 12.5. The smallest absolute Gasteiger partial charge is 0.268 e. The number of Topliss-reactive ketones (excluding diaryl/α,β-unsaturated/α-hetero) is 1. The number of carbonyl (C=O) groups excluding carboxylic acids is 2. The standard InChI is InChI=1S/C20H14FNO4/c21-13-7-9-14(10-8-13)22-16-5-2-1-4-15(16)20(25,19(22)24)12-17(23)18-6-3-11-26-18/h1-11,25H,12H2. The first kappa shape index (κ1) is 16.2. The van der Waals surface area contributed by atoms with Crippen molar-refractivity contribution in [2.75, 3.05) is 4.90 Å². The first-order valence-corrected chi connectivity index (χ1v) is 7.99. The number of benzene rings is 2. The van der Waals surface area contributed by atoms with Crippen LogP contribution in [0.25, 0.3) is 0 Å². The maximum Gasteiger partial charge on any atom is 0.268 e. The molecular weight excluding hydrogens is 337 g/mol. The van der Waals surface area contributed by atoms with Crippen molar-refractivity contribution in [3.63, 3.8) is 0 Å². The summed E-state index contributed by atoms with van der Waals surface area (Å²) in [5.41, 5.74) is -0.826. The number of rotatable bonds is 4. The summed E-state index contributed by atoms with van der Waals surface area (Å²) in [5, 5.41) is 11.1. The summed E-state index contributed by atoms with van der Waals surface area (Å²) >= 11 is 0. The number of hydrogen-bond donors (Lipinski definition) is 1. The summed E-state index contributed by atoms with van der Waals surface area (Å²) in [4.78, 5) is 26.8. The number of anilines is 2. The SMILES string of the molecule is O=C(CC1(O)C(=O)N(c2ccc(F)cc2)c2ccccc21)c1ccco1. The minimum Gasteiger partial charge on any atom is -0.461 e. The molecule has 1 unspecified atom stereocenters. The zero-order valence-electron chi connectivity index (χ0n) is 13.6. The van der Waals surface area contributed by atoms with Crippen LogP contribution in [0.5, 0.6) is 0 Å². The second-order valence-electron chi connectivity index (χ2n) is 6.07. The fourth-order valence-electron chi connectivity index (χ4n) is 3.20. The third-order valence-electron chi connectivity index (χ3n) is 4.44. The third-order valence-corrected chi connectivity index (χ3v) is 4.44. The average Bonchev–Trinajstić information content (AvgIpc) is 3.24. The Kier molecular flexibility index (Phi) is 3.70. The summed E-state index contributed by atoms with van der Waals surface area (Å²) in [6.07, 6.45) is 0.903. The summed E-state index contributed by atoms with van der Waals surface area (Å²) in [5.74, 6) is -1.51. The summed E-state index contributed by atoms with van der Waals surface area (Å²) in [6.45, 7) is 0. The molecule has 0 bridgehead atoms. The van der Waals surface area contributed by atoms with E-state index in [4.69, 9.17) is 4.42 Å². The molecule has 3 aromatic rings. The van der Waals surface area contributed by atoms with Crippen LogP contribution in [0.3, 0.4) is 0 Å². The number of aliphatic hydroxyl groups is 1. The Bertz CT molecular complexity index is 981. The van der Waals surface area contributed by atoms with Gasteiger partial charge in [-0.1, -0.05) is 18.2 Å². The topological polar surface area (TPSA) is 70.8 Å². The number of carbonyl (C=O) groups is 2. The lowest BCUT2D eigenvalue weighted by atomic mass is 9.89. The molecular formula is C20H14FNO4. The van der Waals surface area contributed by atoms with E-state index in [-0.39, 0.29) is 5.76 Å². The van der Waals surface area contributed by atoms with Gasteiger partial charge in [0.15, 0.2) is 11.4 Å². The van der Waals surface area contributed by atoms with Crippen molar-refractivity contribution in [2.24, 2.45) is 0 Å². The fraction of sp³-hybridized carbons (Fsp3) is 0.100. The van der Waals surface area contributed by atoms with Crippen LogP contribution in [0, 0.1) is 5.82 Å². The van der Waals surface area contributed by atoms with Crippen LogP contribution in [0.2, 0.25) is 0 Å². The molecule has 26 heavy (non-hydrogen) atoms. The molecule has 6 heteroatoms. The first-order valence-electron chi connectivity index (χ1n) is 7.99. The van der Waals surface area contributed by atoms with Gasteiger partial charge in [0.05, 0.1) is 18.4 Å². The van der Waals surface area contributed by atoms with Gasteiger partial charge in [0.1, 0.15) is 5.82 Å². The zero-order chi connectivity index (χ0) is 18.3. The van der Waals surface area contributed by atoms with E-state index in [2.05, 4.69) is 0 Å². The predicted molar refractivity (Wildman–Crippen MR) is 91.5 cm³/mol. The Labute approximate surface area is 148 Å². The van der Waals surface area contributed by atoms with Gasteiger partial charge in [-0.15, -0.1) is 0 Å². The highest BCUT2D eigenvalue weighted by atomic mass is 19.1. The molecule has 0 saturated heterocycles. The normalized spacial score (nSPS) is 18.8. The molecule has 2 heterocycles. The monoisotopic (exact) mass is 351 g/mol. The third kappa shape index (κ3) is 2.43. The van der Waals surface area contributed by atoms with Crippen LogP contribution >= 0.6 is 0 Å². The largest absolute Gasteiger partial charge is 0.461 e. The van der Waals surface area contributed by atoms with E-state index in [0.29, 0.717) is 16.9 Å². The number of furan rings is 1. The molecule has 0 aliphatic carbocycles. The molecule has 0 spiro atoms. The number of fused-ring (bicyclic) bond motifs is 1. The fourth-order valence-corrected chi connectivity index (χ4v) is 3.20. The van der Waals surface area contributed by atoms with Crippen LogP contribution in [0.15, 0.2) is 71.3 Å². The minimum absolute atomic E-state index is 0.0731. The van der Waals surface area contributed by atoms with Crippen molar-refractivity contribution in [1.82, 2.24) is 0 Å². The van der Waals surface area contributed by atoms with Gasteiger partial charge < -0.3 is 9.52 Å². The Balaban J connectivity index is 1.78. The van der Waals surface area contributed by atoms with Crippen LogP contribution in [-0.2, 0) is 10.4 Å². The maximum atomic E-state index is 13.2. The van der Waals surface area contributed by atoms with Crippen LogP contribution in [0.1, 0.15) is 22.5 Å². The molecule has 1 amide bonds. The lowest BCUT2D eigenvalue weighted by Crippen LogP contribution is -2.40. The van der Waals surface area contributed by atoms with Gasteiger partial charge in [-0.3, -0.25) is 14.5 Å². The Morgan fingerprint density at radius 2 is 1.81 bits per heavy atom. The molecule has 1 aromatic heterocycles. The summed E-state index contributed by atoms with van der Waals surface area (Å²) in [7, 11) is 0. The van der Waals surface area contributed by atoms with Crippen molar-refractivity contribution in [3.05, 3.63) is 84.1 Å². The van der Waals surface area contributed by atoms with E-state index in [1.165, 1.54) is 41.5 Å². The number of nitrogens with zero attached hydrogens (tertiary/aromatic N) is 1. The summed E-state index contributed by atoms with van der Waals surface area (Å²) in [6, 6.07) is 15.1. The van der Waals surface area contributed by atoms with Gasteiger partial charge in [-0.25, -0.2) is 4.39 Å². The molecule has 1 N–H and O–H groups in total. The predicted octanol–water partition coefficient (Wildman–Crippen LogP) is 3.56. The highest BCUT2D eigenvalue weighted by Crippen LogP contribution is 2.46. The molecule has 4 rings (SSSR count). The van der Waals surface area contributed by atoms with Crippen molar-refractivity contribution in [1.29, 1.82) is 0 Å². The van der Waals surface area contributed by atoms with Gasteiger partial charge >= 0.3 is 0 Å².